The number of fused-ring (bicyclic) bond motifs is 1. The Morgan fingerprint density at radius 3 is 2.90 bits per heavy atom. The molecule has 0 aliphatic carbocycles. The molecule has 0 saturated carbocycles. The zero-order valence-electron chi connectivity index (χ0n) is 11.6. The third-order valence-electron chi connectivity index (χ3n) is 3.25. The van der Waals surface area contributed by atoms with Gasteiger partial charge in [0, 0.05) is 25.2 Å². The van der Waals surface area contributed by atoms with Crippen LogP contribution in [0.1, 0.15) is 11.3 Å². The standard InChI is InChI=1S/C15H14N6/c1-21-10-11(9-18-21)6-7-17-15-12-4-2-3-5-13(12)19-20-14(15)8-16/h2-5,9-10H,6-7H2,1H3,(H,17,19). The monoisotopic (exact) mass is 278 g/mol. The smallest absolute Gasteiger partial charge is 0.186 e. The van der Waals surface area contributed by atoms with Gasteiger partial charge in [0.1, 0.15) is 6.07 Å². The molecule has 0 bridgehead atoms. The van der Waals surface area contributed by atoms with Crippen molar-refractivity contribution in [1.29, 1.82) is 5.26 Å². The molecule has 2 heterocycles. The normalized spacial score (nSPS) is 10.5. The summed E-state index contributed by atoms with van der Waals surface area (Å²) in [5.74, 6) is 0. The van der Waals surface area contributed by atoms with Crippen LogP contribution in [-0.4, -0.2) is 26.5 Å². The molecule has 0 amide bonds. The van der Waals surface area contributed by atoms with E-state index in [4.69, 9.17) is 0 Å². The van der Waals surface area contributed by atoms with E-state index in [1.54, 1.807) is 4.68 Å². The summed E-state index contributed by atoms with van der Waals surface area (Å²) in [6, 6.07) is 9.75. The largest absolute Gasteiger partial charge is 0.382 e. The molecule has 0 aliphatic heterocycles. The Morgan fingerprint density at radius 2 is 2.14 bits per heavy atom. The first kappa shape index (κ1) is 13.1. The number of aromatic nitrogens is 4. The molecule has 1 aromatic carbocycles. The number of aryl methyl sites for hydroxylation is 1. The van der Waals surface area contributed by atoms with Gasteiger partial charge in [-0.2, -0.15) is 10.4 Å². The fraction of sp³-hybridized carbons (Fsp3) is 0.200. The highest BCUT2D eigenvalue weighted by Gasteiger charge is 2.09. The van der Waals surface area contributed by atoms with E-state index >= 15 is 0 Å². The van der Waals surface area contributed by atoms with Crippen molar-refractivity contribution in [3.05, 3.63) is 47.9 Å². The first-order valence-corrected chi connectivity index (χ1v) is 6.65. The summed E-state index contributed by atoms with van der Waals surface area (Å²) in [6.07, 6.45) is 4.65. The van der Waals surface area contributed by atoms with Gasteiger partial charge in [0.2, 0.25) is 0 Å². The van der Waals surface area contributed by atoms with Crippen LogP contribution in [-0.2, 0) is 13.5 Å². The number of hydrogen-bond donors (Lipinski definition) is 1. The molecule has 104 valence electrons. The lowest BCUT2D eigenvalue weighted by Gasteiger charge is -2.09. The lowest BCUT2D eigenvalue weighted by atomic mass is 10.1. The van der Waals surface area contributed by atoms with Crippen LogP contribution in [0.3, 0.4) is 0 Å². The van der Waals surface area contributed by atoms with Gasteiger partial charge in [0.05, 0.1) is 17.4 Å². The van der Waals surface area contributed by atoms with Crippen LogP contribution in [0, 0.1) is 11.3 Å². The van der Waals surface area contributed by atoms with Crippen molar-refractivity contribution in [2.24, 2.45) is 7.05 Å². The zero-order valence-corrected chi connectivity index (χ0v) is 11.6. The Kier molecular flexibility index (Phi) is 3.48. The highest BCUT2D eigenvalue weighted by molar-refractivity contribution is 5.92. The van der Waals surface area contributed by atoms with Gasteiger partial charge in [-0.15, -0.1) is 10.2 Å². The van der Waals surface area contributed by atoms with Crippen LogP contribution in [0.15, 0.2) is 36.7 Å². The minimum absolute atomic E-state index is 0.319. The van der Waals surface area contributed by atoms with Crippen LogP contribution in [0.25, 0.3) is 10.9 Å². The Labute approximate surface area is 122 Å². The highest BCUT2D eigenvalue weighted by atomic mass is 15.2. The minimum atomic E-state index is 0.319. The van der Waals surface area contributed by atoms with E-state index in [1.165, 1.54) is 0 Å². The molecule has 0 aliphatic rings. The Morgan fingerprint density at radius 1 is 1.29 bits per heavy atom. The molecule has 0 unspecified atom stereocenters. The van der Waals surface area contributed by atoms with Gasteiger partial charge in [-0.25, -0.2) is 0 Å². The van der Waals surface area contributed by atoms with E-state index in [0.717, 1.165) is 28.6 Å². The quantitative estimate of drug-likeness (QED) is 0.788. The number of nitrogens with zero attached hydrogens (tertiary/aromatic N) is 5. The van der Waals surface area contributed by atoms with Gasteiger partial charge >= 0.3 is 0 Å². The predicted molar refractivity (Wildman–Crippen MR) is 79.7 cm³/mol. The summed E-state index contributed by atoms with van der Waals surface area (Å²) in [6.45, 7) is 0.704. The topological polar surface area (TPSA) is 79.4 Å². The van der Waals surface area contributed by atoms with Gasteiger partial charge in [-0.3, -0.25) is 4.68 Å². The summed E-state index contributed by atoms with van der Waals surface area (Å²) in [4.78, 5) is 0. The highest BCUT2D eigenvalue weighted by Crippen LogP contribution is 2.23. The lowest BCUT2D eigenvalue weighted by molar-refractivity contribution is 0.767. The molecule has 1 N–H and O–H groups in total. The molecule has 0 fully saturated rings. The number of rotatable bonds is 4. The van der Waals surface area contributed by atoms with Crippen molar-refractivity contribution in [2.45, 2.75) is 6.42 Å². The van der Waals surface area contributed by atoms with Crippen LogP contribution < -0.4 is 5.32 Å². The number of nitriles is 1. The van der Waals surface area contributed by atoms with Crippen LogP contribution in [0.5, 0.6) is 0 Å². The number of hydrogen-bond acceptors (Lipinski definition) is 5. The fourth-order valence-corrected chi connectivity index (χ4v) is 2.24. The van der Waals surface area contributed by atoms with Gasteiger partial charge < -0.3 is 5.32 Å². The maximum absolute atomic E-state index is 9.19. The van der Waals surface area contributed by atoms with Crippen LogP contribution in [0.4, 0.5) is 5.69 Å². The fourth-order valence-electron chi connectivity index (χ4n) is 2.24. The van der Waals surface area contributed by atoms with E-state index in [0.29, 0.717) is 12.2 Å². The van der Waals surface area contributed by atoms with E-state index in [9.17, 15) is 5.26 Å². The molecule has 0 saturated heterocycles. The molecule has 21 heavy (non-hydrogen) atoms. The van der Waals surface area contributed by atoms with Crippen LogP contribution in [0.2, 0.25) is 0 Å². The molecule has 0 spiro atoms. The maximum atomic E-state index is 9.19. The predicted octanol–water partition coefficient (Wildman–Crippen LogP) is 1.89. The number of benzene rings is 1. The second-order valence-corrected chi connectivity index (χ2v) is 4.75. The van der Waals surface area contributed by atoms with Crippen molar-refractivity contribution in [3.8, 4) is 6.07 Å². The SMILES string of the molecule is Cn1cc(CCNc2c(C#N)nnc3ccccc23)cn1. The Hall–Kier alpha value is -2.94. The number of nitrogens with one attached hydrogen (secondary N) is 1. The first-order valence-electron chi connectivity index (χ1n) is 6.65. The maximum Gasteiger partial charge on any atom is 0.186 e. The molecule has 3 rings (SSSR count). The van der Waals surface area contributed by atoms with Crippen molar-refractivity contribution < 1.29 is 0 Å². The van der Waals surface area contributed by atoms with Crippen molar-refractivity contribution in [2.75, 3.05) is 11.9 Å². The molecule has 2 aromatic heterocycles. The van der Waals surface area contributed by atoms with Gasteiger partial charge in [0.25, 0.3) is 0 Å². The second kappa shape index (κ2) is 5.59. The summed E-state index contributed by atoms with van der Waals surface area (Å²) in [7, 11) is 1.89. The average Bonchev–Trinajstić information content (AvgIpc) is 2.93. The summed E-state index contributed by atoms with van der Waals surface area (Å²) in [5, 5.41) is 25.6. The third kappa shape index (κ3) is 2.67. The molecule has 3 aromatic rings. The minimum Gasteiger partial charge on any atom is -0.382 e. The van der Waals surface area contributed by atoms with E-state index in [1.807, 2.05) is 43.7 Å². The summed E-state index contributed by atoms with van der Waals surface area (Å²) >= 11 is 0. The van der Waals surface area contributed by atoms with Gasteiger partial charge in [-0.1, -0.05) is 18.2 Å². The average molecular weight is 278 g/mol. The van der Waals surface area contributed by atoms with Gasteiger partial charge in [0.15, 0.2) is 5.69 Å². The van der Waals surface area contributed by atoms with Crippen molar-refractivity contribution >= 4 is 16.6 Å². The summed E-state index contributed by atoms with van der Waals surface area (Å²) < 4.78 is 1.78. The van der Waals surface area contributed by atoms with Crippen molar-refractivity contribution in [1.82, 2.24) is 20.0 Å². The van der Waals surface area contributed by atoms with Crippen molar-refractivity contribution in [3.63, 3.8) is 0 Å². The second-order valence-electron chi connectivity index (χ2n) is 4.75. The van der Waals surface area contributed by atoms with Gasteiger partial charge in [-0.05, 0) is 18.1 Å². The van der Waals surface area contributed by atoms with E-state index in [2.05, 4.69) is 26.7 Å². The Balaban J connectivity index is 1.84. The lowest BCUT2D eigenvalue weighted by Crippen LogP contribution is -2.08. The zero-order chi connectivity index (χ0) is 14.7. The third-order valence-corrected chi connectivity index (χ3v) is 3.25. The molecule has 6 nitrogen and oxygen atoms in total. The molecular weight excluding hydrogens is 264 g/mol. The first-order chi connectivity index (χ1) is 10.3. The molecular formula is C15H14N6. The summed E-state index contributed by atoms with van der Waals surface area (Å²) in [5.41, 5.74) is 2.99. The van der Waals surface area contributed by atoms with E-state index in [-0.39, 0.29) is 0 Å². The molecule has 6 heteroatoms. The molecule has 0 atom stereocenters. The van der Waals surface area contributed by atoms with Crippen LogP contribution >= 0.6 is 0 Å². The Bertz CT molecular complexity index is 814. The number of anilines is 1. The molecule has 0 radical (unpaired) electrons. The van der Waals surface area contributed by atoms with E-state index < -0.39 is 0 Å².